The van der Waals surface area contributed by atoms with E-state index in [9.17, 15) is 4.39 Å². The second-order valence-electron chi connectivity index (χ2n) is 4.40. The molecule has 0 amide bonds. The van der Waals surface area contributed by atoms with Gasteiger partial charge in [0, 0.05) is 23.9 Å². The summed E-state index contributed by atoms with van der Waals surface area (Å²) < 4.78 is 27.5. The third-order valence-corrected chi connectivity index (χ3v) is 2.97. The maximum atomic E-state index is 11.8. The molecule has 1 aromatic carbocycles. The molecule has 0 bridgehead atoms. The zero-order chi connectivity index (χ0) is 13.5. The fourth-order valence-corrected chi connectivity index (χ4v) is 2.11. The molecule has 1 aliphatic rings. The molecule has 0 saturated carbocycles. The summed E-state index contributed by atoms with van der Waals surface area (Å²) in [7, 11) is 0. The van der Waals surface area contributed by atoms with E-state index in [2.05, 4.69) is 16.6 Å². The predicted octanol–water partition coefficient (Wildman–Crippen LogP) is 2.71. The van der Waals surface area contributed by atoms with Crippen molar-refractivity contribution in [2.75, 3.05) is 38.2 Å². The van der Waals surface area contributed by atoms with Crippen LogP contribution in [0.25, 0.3) is 0 Å². The number of fused-ring (bicyclic) bond motifs is 1. The number of rotatable bonds is 7. The van der Waals surface area contributed by atoms with Crippen LogP contribution in [0.3, 0.4) is 0 Å². The Balaban J connectivity index is 2.01. The zero-order valence-electron chi connectivity index (χ0n) is 11.2. The molecule has 0 N–H and O–H groups in total. The van der Waals surface area contributed by atoms with E-state index >= 15 is 0 Å². The summed E-state index contributed by atoms with van der Waals surface area (Å²) in [5.74, 6) is 0.782. The van der Waals surface area contributed by atoms with Crippen molar-refractivity contribution >= 4 is 5.69 Å². The third-order valence-electron chi connectivity index (χ3n) is 2.97. The topological polar surface area (TPSA) is 30.9 Å². The number of hydrogen-bond acceptors (Lipinski definition) is 4. The molecule has 0 aliphatic carbocycles. The lowest BCUT2D eigenvalue weighted by Crippen LogP contribution is -2.31. The summed E-state index contributed by atoms with van der Waals surface area (Å²) in [6.45, 7) is 4.21. The Hall–Kier alpha value is -1.33. The molecule has 0 atom stereocenters. The fourth-order valence-electron chi connectivity index (χ4n) is 2.11. The fraction of sp³-hybridized carbons (Fsp3) is 0.571. The van der Waals surface area contributed by atoms with E-state index in [1.54, 1.807) is 0 Å². The van der Waals surface area contributed by atoms with E-state index in [0.717, 1.165) is 24.4 Å². The van der Waals surface area contributed by atoms with Crippen molar-refractivity contribution in [2.45, 2.75) is 20.0 Å². The Morgan fingerprint density at radius 3 is 3.05 bits per heavy atom. The summed E-state index contributed by atoms with van der Waals surface area (Å²) in [6, 6.07) is 5.94. The Kier molecular flexibility index (Phi) is 5.42. The molecule has 19 heavy (non-hydrogen) atoms. The van der Waals surface area contributed by atoms with E-state index in [-0.39, 0.29) is 6.61 Å². The molecule has 0 aromatic heterocycles. The van der Waals surface area contributed by atoms with Crippen LogP contribution in [0.1, 0.15) is 18.9 Å². The Bertz CT molecular complexity index is 400. The highest BCUT2D eigenvalue weighted by atomic mass is 19.1. The number of ether oxygens (including phenoxy) is 3. The van der Waals surface area contributed by atoms with E-state index in [1.807, 2.05) is 18.2 Å². The molecule has 106 valence electrons. The first-order valence-electron chi connectivity index (χ1n) is 6.57. The highest BCUT2D eigenvalue weighted by Gasteiger charge is 2.17. The number of halogens is 1. The van der Waals surface area contributed by atoms with E-state index in [0.29, 0.717) is 19.9 Å². The lowest BCUT2D eigenvalue weighted by Gasteiger charge is -2.31. The second kappa shape index (κ2) is 7.31. The van der Waals surface area contributed by atoms with Crippen LogP contribution in [0.2, 0.25) is 0 Å². The molecule has 1 aliphatic heterocycles. The van der Waals surface area contributed by atoms with Crippen LogP contribution in [0, 0.1) is 0 Å². The molecule has 0 unspecified atom stereocenters. The van der Waals surface area contributed by atoms with Gasteiger partial charge in [-0.3, -0.25) is 0 Å². The molecule has 0 saturated heterocycles. The Labute approximate surface area is 113 Å². The summed E-state index contributed by atoms with van der Waals surface area (Å²) in [6.07, 6.45) is 1.07. The van der Waals surface area contributed by atoms with Crippen LogP contribution in [-0.2, 0) is 16.1 Å². The number of alkyl halides is 1. The van der Waals surface area contributed by atoms with E-state index in [4.69, 9.17) is 9.47 Å². The molecule has 2 rings (SSSR count). The monoisotopic (exact) mass is 269 g/mol. The highest BCUT2D eigenvalue weighted by Crippen LogP contribution is 2.30. The normalized spacial score (nSPS) is 14.3. The van der Waals surface area contributed by atoms with E-state index in [1.165, 1.54) is 5.56 Å². The van der Waals surface area contributed by atoms with Crippen LogP contribution in [0.15, 0.2) is 18.2 Å². The van der Waals surface area contributed by atoms with E-state index < -0.39 is 6.86 Å². The maximum absolute atomic E-state index is 11.8. The van der Waals surface area contributed by atoms with Gasteiger partial charge in [-0.15, -0.1) is 0 Å². The lowest BCUT2D eigenvalue weighted by molar-refractivity contribution is 0.0391. The maximum Gasteiger partial charge on any atom is 0.188 e. The van der Waals surface area contributed by atoms with Gasteiger partial charge >= 0.3 is 0 Å². The van der Waals surface area contributed by atoms with Crippen molar-refractivity contribution in [2.24, 2.45) is 0 Å². The minimum Gasteiger partial charge on any atom is -0.491 e. The number of hydrogen-bond donors (Lipinski definition) is 0. The number of nitrogens with zero attached hydrogens (tertiary/aromatic N) is 1. The number of benzene rings is 1. The molecule has 5 heteroatoms. The first-order chi connectivity index (χ1) is 9.35. The first-order valence-corrected chi connectivity index (χ1v) is 6.57. The molecule has 0 spiro atoms. The van der Waals surface area contributed by atoms with Gasteiger partial charge in [0.05, 0.1) is 13.2 Å². The van der Waals surface area contributed by atoms with Gasteiger partial charge in [0.15, 0.2) is 6.86 Å². The van der Waals surface area contributed by atoms with Crippen molar-refractivity contribution in [1.82, 2.24) is 0 Å². The van der Waals surface area contributed by atoms with Gasteiger partial charge in [0.25, 0.3) is 0 Å². The number of anilines is 1. The van der Waals surface area contributed by atoms with Gasteiger partial charge < -0.3 is 19.1 Å². The van der Waals surface area contributed by atoms with Gasteiger partial charge in [0.2, 0.25) is 0 Å². The Morgan fingerprint density at radius 1 is 1.37 bits per heavy atom. The molecular formula is C14H20FNO3. The van der Waals surface area contributed by atoms with Crippen molar-refractivity contribution in [1.29, 1.82) is 0 Å². The van der Waals surface area contributed by atoms with Gasteiger partial charge in [-0.05, 0) is 12.5 Å². The predicted molar refractivity (Wildman–Crippen MR) is 71.2 cm³/mol. The molecule has 1 aromatic rings. The van der Waals surface area contributed by atoms with Crippen molar-refractivity contribution in [3.63, 3.8) is 0 Å². The second-order valence-corrected chi connectivity index (χ2v) is 4.40. The third kappa shape index (κ3) is 3.81. The largest absolute Gasteiger partial charge is 0.491 e. The van der Waals surface area contributed by atoms with Crippen molar-refractivity contribution < 1.29 is 18.6 Å². The summed E-state index contributed by atoms with van der Waals surface area (Å²) in [4.78, 5) is 2.20. The smallest absolute Gasteiger partial charge is 0.188 e. The minimum atomic E-state index is -0.769. The zero-order valence-corrected chi connectivity index (χ0v) is 11.2. The van der Waals surface area contributed by atoms with Crippen LogP contribution in [0.4, 0.5) is 10.1 Å². The molecule has 4 nitrogen and oxygen atoms in total. The van der Waals surface area contributed by atoms with Gasteiger partial charge in [0.1, 0.15) is 19.1 Å². The summed E-state index contributed by atoms with van der Waals surface area (Å²) >= 11 is 0. The van der Waals surface area contributed by atoms with Crippen molar-refractivity contribution in [3.8, 4) is 5.75 Å². The van der Waals surface area contributed by atoms with Gasteiger partial charge in [-0.25, -0.2) is 4.39 Å². The SMILES string of the molecule is CCCN1COCc2ccc(OCCOCF)cc21. The summed E-state index contributed by atoms with van der Waals surface area (Å²) in [5.41, 5.74) is 2.34. The minimum absolute atomic E-state index is 0.259. The average molecular weight is 269 g/mol. The average Bonchev–Trinajstić information content (AvgIpc) is 2.44. The first kappa shape index (κ1) is 14.1. The van der Waals surface area contributed by atoms with Crippen LogP contribution in [0.5, 0.6) is 5.75 Å². The van der Waals surface area contributed by atoms with Crippen LogP contribution < -0.4 is 9.64 Å². The molecule has 0 radical (unpaired) electrons. The van der Waals surface area contributed by atoms with Crippen molar-refractivity contribution in [3.05, 3.63) is 23.8 Å². The summed E-state index contributed by atoms with van der Waals surface area (Å²) in [5, 5.41) is 0. The molecule has 0 fully saturated rings. The molecule has 1 heterocycles. The lowest BCUT2D eigenvalue weighted by atomic mass is 10.1. The van der Waals surface area contributed by atoms with Gasteiger partial charge in [-0.2, -0.15) is 0 Å². The quantitative estimate of drug-likeness (QED) is 0.712. The van der Waals surface area contributed by atoms with Crippen LogP contribution in [-0.4, -0.2) is 33.3 Å². The van der Waals surface area contributed by atoms with Gasteiger partial charge in [-0.1, -0.05) is 13.0 Å². The van der Waals surface area contributed by atoms with Crippen LogP contribution >= 0.6 is 0 Å². The standard InChI is InChI=1S/C14H20FNO3/c1-2-5-16-11-18-9-12-3-4-13(8-14(12)16)19-7-6-17-10-15/h3-4,8H,2,5-7,9-11H2,1H3. The molecular weight excluding hydrogens is 249 g/mol. The Morgan fingerprint density at radius 2 is 2.26 bits per heavy atom. The highest BCUT2D eigenvalue weighted by molar-refractivity contribution is 5.57.